The van der Waals surface area contributed by atoms with Crippen LogP contribution in [0.4, 0.5) is 0 Å². The molecule has 0 bridgehead atoms. The molecular formula is C18H25ClN2O2. The van der Waals surface area contributed by atoms with Crippen LogP contribution in [0.5, 0.6) is 0 Å². The zero-order chi connectivity index (χ0) is 16.3. The van der Waals surface area contributed by atoms with Gasteiger partial charge in [0.05, 0.1) is 5.41 Å². The molecule has 23 heavy (non-hydrogen) atoms. The van der Waals surface area contributed by atoms with Gasteiger partial charge in [-0.25, -0.2) is 0 Å². The van der Waals surface area contributed by atoms with E-state index < -0.39 is 5.41 Å². The summed E-state index contributed by atoms with van der Waals surface area (Å²) >= 11 is 6.17. The topological polar surface area (TPSA) is 50.4 Å². The quantitative estimate of drug-likeness (QED) is 0.892. The average Bonchev–Trinajstić information content (AvgIpc) is 2.55. The second-order valence-electron chi connectivity index (χ2n) is 6.75. The second-order valence-corrected chi connectivity index (χ2v) is 7.19. The lowest BCUT2D eigenvalue weighted by Crippen LogP contribution is -2.54. The van der Waals surface area contributed by atoms with E-state index in [-0.39, 0.29) is 11.9 Å². The highest BCUT2D eigenvalue weighted by atomic mass is 35.5. The predicted molar refractivity (Wildman–Crippen MR) is 91.8 cm³/mol. The molecule has 1 aromatic rings. The van der Waals surface area contributed by atoms with Crippen molar-refractivity contribution in [3.63, 3.8) is 0 Å². The predicted octanol–water partition coefficient (Wildman–Crippen LogP) is 2.64. The Bertz CT molecular complexity index is 558. The van der Waals surface area contributed by atoms with E-state index in [2.05, 4.69) is 17.6 Å². The summed E-state index contributed by atoms with van der Waals surface area (Å²) < 4.78 is 5.51. The van der Waals surface area contributed by atoms with Crippen molar-refractivity contribution in [1.82, 2.24) is 10.6 Å². The van der Waals surface area contributed by atoms with Gasteiger partial charge in [-0.05, 0) is 56.8 Å². The van der Waals surface area contributed by atoms with Gasteiger partial charge in [0, 0.05) is 30.3 Å². The SMILES string of the molecule is CC1CC(NC(=O)C2(c3cccc(Cl)c3)CCOCC2)CCN1. The third-order valence-electron chi connectivity index (χ3n) is 5.12. The molecule has 1 amide bonds. The lowest BCUT2D eigenvalue weighted by molar-refractivity contribution is -0.131. The molecule has 3 rings (SSSR count). The fourth-order valence-corrected chi connectivity index (χ4v) is 3.93. The molecule has 4 nitrogen and oxygen atoms in total. The largest absolute Gasteiger partial charge is 0.381 e. The Balaban J connectivity index is 1.82. The van der Waals surface area contributed by atoms with E-state index in [0.717, 1.165) is 24.9 Å². The molecule has 1 aromatic carbocycles. The van der Waals surface area contributed by atoms with Gasteiger partial charge in [-0.15, -0.1) is 0 Å². The summed E-state index contributed by atoms with van der Waals surface area (Å²) in [4.78, 5) is 13.2. The smallest absolute Gasteiger partial charge is 0.231 e. The highest BCUT2D eigenvalue weighted by molar-refractivity contribution is 6.30. The van der Waals surface area contributed by atoms with Gasteiger partial charge in [0.25, 0.3) is 0 Å². The molecule has 0 aromatic heterocycles. The van der Waals surface area contributed by atoms with Crippen molar-refractivity contribution in [3.8, 4) is 0 Å². The monoisotopic (exact) mass is 336 g/mol. The van der Waals surface area contributed by atoms with Crippen molar-refractivity contribution >= 4 is 17.5 Å². The van der Waals surface area contributed by atoms with Crippen molar-refractivity contribution in [3.05, 3.63) is 34.9 Å². The number of piperidine rings is 1. The fraction of sp³-hybridized carbons (Fsp3) is 0.611. The van der Waals surface area contributed by atoms with Crippen molar-refractivity contribution in [1.29, 1.82) is 0 Å². The molecule has 2 saturated heterocycles. The van der Waals surface area contributed by atoms with Crippen LogP contribution in [-0.2, 0) is 14.9 Å². The number of hydrogen-bond donors (Lipinski definition) is 2. The van der Waals surface area contributed by atoms with E-state index in [0.29, 0.717) is 37.1 Å². The lowest BCUT2D eigenvalue weighted by atomic mass is 9.73. The van der Waals surface area contributed by atoms with E-state index in [9.17, 15) is 4.79 Å². The Labute approximate surface area is 142 Å². The minimum absolute atomic E-state index is 0.127. The van der Waals surface area contributed by atoms with Gasteiger partial charge < -0.3 is 15.4 Å². The molecule has 0 aliphatic carbocycles. The Morgan fingerprint density at radius 3 is 2.87 bits per heavy atom. The van der Waals surface area contributed by atoms with Crippen molar-refractivity contribution < 1.29 is 9.53 Å². The van der Waals surface area contributed by atoms with Crippen LogP contribution in [0, 0.1) is 0 Å². The maximum absolute atomic E-state index is 13.2. The molecule has 2 heterocycles. The van der Waals surface area contributed by atoms with Gasteiger partial charge >= 0.3 is 0 Å². The summed E-state index contributed by atoms with van der Waals surface area (Å²) in [5.74, 6) is 0.127. The van der Waals surface area contributed by atoms with Crippen LogP contribution in [0.3, 0.4) is 0 Å². The highest BCUT2D eigenvalue weighted by Crippen LogP contribution is 2.36. The Morgan fingerprint density at radius 1 is 1.39 bits per heavy atom. The molecule has 2 fully saturated rings. The van der Waals surface area contributed by atoms with Gasteiger partial charge in [0.15, 0.2) is 0 Å². The Kier molecular flexibility index (Phi) is 5.24. The van der Waals surface area contributed by atoms with E-state index >= 15 is 0 Å². The summed E-state index contributed by atoms with van der Waals surface area (Å²) in [5, 5.41) is 7.40. The summed E-state index contributed by atoms with van der Waals surface area (Å²) in [5.41, 5.74) is 0.491. The number of ether oxygens (including phenoxy) is 1. The van der Waals surface area contributed by atoms with Crippen LogP contribution in [0.2, 0.25) is 5.02 Å². The zero-order valence-corrected chi connectivity index (χ0v) is 14.4. The molecule has 2 N–H and O–H groups in total. The van der Waals surface area contributed by atoms with E-state index in [4.69, 9.17) is 16.3 Å². The second kappa shape index (κ2) is 7.20. The Morgan fingerprint density at radius 2 is 2.17 bits per heavy atom. The third kappa shape index (κ3) is 3.70. The van der Waals surface area contributed by atoms with E-state index in [1.165, 1.54) is 0 Å². The first kappa shape index (κ1) is 16.7. The number of nitrogens with one attached hydrogen (secondary N) is 2. The van der Waals surface area contributed by atoms with Crippen LogP contribution in [-0.4, -0.2) is 37.7 Å². The molecule has 0 radical (unpaired) electrons. The van der Waals surface area contributed by atoms with E-state index in [1.54, 1.807) is 0 Å². The standard InChI is InChI=1S/C18H25ClN2O2/c1-13-11-16(5-8-20-13)21-17(22)18(6-9-23-10-7-18)14-3-2-4-15(19)12-14/h2-4,12-13,16,20H,5-11H2,1H3,(H,21,22). The summed E-state index contributed by atoms with van der Waals surface area (Å²) in [7, 11) is 0. The summed E-state index contributed by atoms with van der Waals surface area (Å²) in [6.07, 6.45) is 3.38. The number of hydrogen-bond acceptors (Lipinski definition) is 3. The number of carbonyl (C=O) groups excluding carboxylic acids is 1. The molecule has 126 valence electrons. The van der Waals surface area contributed by atoms with Crippen molar-refractivity contribution in [2.45, 2.75) is 50.1 Å². The maximum atomic E-state index is 13.2. The first-order chi connectivity index (χ1) is 11.1. The Hall–Kier alpha value is -1.10. The van der Waals surface area contributed by atoms with Crippen molar-refractivity contribution in [2.24, 2.45) is 0 Å². The maximum Gasteiger partial charge on any atom is 0.231 e. The number of rotatable bonds is 3. The van der Waals surface area contributed by atoms with Gasteiger partial charge in [-0.2, -0.15) is 0 Å². The van der Waals surface area contributed by atoms with Gasteiger partial charge in [-0.1, -0.05) is 23.7 Å². The van der Waals surface area contributed by atoms with E-state index in [1.807, 2.05) is 24.3 Å². The number of carbonyl (C=O) groups is 1. The zero-order valence-electron chi connectivity index (χ0n) is 13.6. The molecule has 2 unspecified atom stereocenters. The van der Waals surface area contributed by atoms with Gasteiger partial charge in [0.2, 0.25) is 5.91 Å². The lowest BCUT2D eigenvalue weighted by Gasteiger charge is -2.38. The first-order valence-electron chi connectivity index (χ1n) is 8.48. The average molecular weight is 337 g/mol. The van der Waals surface area contributed by atoms with Crippen molar-refractivity contribution in [2.75, 3.05) is 19.8 Å². The minimum atomic E-state index is -0.517. The minimum Gasteiger partial charge on any atom is -0.381 e. The molecular weight excluding hydrogens is 312 g/mol. The summed E-state index contributed by atoms with van der Waals surface area (Å²) in [6, 6.07) is 8.42. The molecule has 2 aliphatic heterocycles. The molecule has 0 saturated carbocycles. The number of halogens is 1. The van der Waals surface area contributed by atoms with Gasteiger partial charge in [0.1, 0.15) is 0 Å². The molecule has 2 atom stereocenters. The number of amides is 1. The van der Waals surface area contributed by atoms with Crippen LogP contribution < -0.4 is 10.6 Å². The molecule has 5 heteroatoms. The summed E-state index contributed by atoms with van der Waals surface area (Å²) in [6.45, 7) is 4.35. The normalized spacial score (nSPS) is 27.4. The van der Waals surface area contributed by atoms with Gasteiger partial charge in [-0.3, -0.25) is 4.79 Å². The van der Waals surface area contributed by atoms with Crippen LogP contribution in [0.15, 0.2) is 24.3 Å². The van der Waals surface area contributed by atoms with Crippen LogP contribution in [0.1, 0.15) is 38.2 Å². The first-order valence-corrected chi connectivity index (χ1v) is 8.86. The van der Waals surface area contributed by atoms with Crippen LogP contribution >= 0.6 is 11.6 Å². The molecule has 2 aliphatic rings. The highest BCUT2D eigenvalue weighted by Gasteiger charge is 2.42. The van der Waals surface area contributed by atoms with Crippen LogP contribution in [0.25, 0.3) is 0 Å². The number of benzene rings is 1. The third-order valence-corrected chi connectivity index (χ3v) is 5.35. The fourth-order valence-electron chi connectivity index (χ4n) is 3.74. The molecule has 0 spiro atoms.